The molecule has 160 valence electrons. The Kier molecular flexibility index (Phi) is 4.36. The van der Waals surface area contributed by atoms with Crippen molar-refractivity contribution in [2.75, 3.05) is 19.0 Å². The van der Waals surface area contributed by atoms with Crippen molar-refractivity contribution in [3.8, 4) is 33.9 Å². The number of rotatable bonds is 4. The first kappa shape index (κ1) is 19.1. The highest BCUT2D eigenvalue weighted by molar-refractivity contribution is 5.96. The number of hydrogen-bond acceptors (Lipinski definition) is 6. The Labute approximate surface area is 189 Å². The molecule has 6 rings (SSSR count). The predicted octanol–water partition coefficient (Wildman–Crippen LogP) is 4.69. The van der Waals surface area contributed by atoms with Crippen LogP contribution in [0.25, 0.3) is 56.0 Å². The molecule has 0 aliphatic carbocycles. The number of para-hydroxylation sites is 1. The topological polar surface area (TPSA) is 99.3 Å². The third-order valence-electron chi connectivity index (χ3n) is 5.65. The number of pyridine rings is 3. The molecule has 6 aromatic rings. The minimum absolute atomic E-state index is 0.664. The second-order valence-electron chi connectivity index (χ2n) is 8.02. The van der Waals surface area contributed by atoms with Gasteiger partial charge in [0, 0.05) is 49.4 Å². The first-order valence-electron chi connectivity index (χ1n) is 10.5. The molecule has 8 heteroatoms. The molecular formula is C25H20N8. The first-order valence-corrected chi connectivity index (χ1v) is 10.5. The van der Waals surface area contributed by atoms with Gasteiger partial charge in [0.25, 0.3) is 0 Å². The molecule has 0 atom stereocenters. The zero-order valence-corrected chi connectivity index (χ0v) is 18.1. The quantitative estimate of drug-likeness (QED) is 0.419. The summed E-state index contributed by atoms with van der Waals surface area (Å²) in [6.07, 6.45) is 7.26. The average Bonchev–Trinajstić information content (AvgIpc) is 3.48. The van der Waals surface area contributed by atoms with Gasteiger partial charge in [-0.3, -0.25) is 15.1 Å². The Balaban J connectivity index is 1.48. The van der Waals surface area contributed by atoms with Crippen molar-refractivity contribution in [2.45, 2.75) is 0 Å². The Morgan fingerprint density at radius 2 is 1.70 bits per heavy atom. The molecule has 0 aliphatic rings. The number of aromatic nitrogens is 7. The molecule has 1 aromatic carbocycles. The van der Waals surface area contributed by atoms with Crippen molar-refractivity contribution in [1.29, 1.82) is 0 Å². The van der Waals surface area contributed by atoms with Crippen molar-refractivity contribution in [3.05, 3.63) is 73.3 Å². The van der Waals surface area contributed by atoms with Crippen LogP contribution in [0.3, 0.4) is 0 Å². The van der Waals surface area contributed by atoms with E-state index in [2.05, 4.69) is 31.2 Å². The van der Waals surface area contributed by atoms with E-state index in [1.165, 1.54) is 0 Å². The van der Waals surface area contributed by atoms with Gasteiger partial charge in [-0.15, -0.1) is 0 Å². The van der Waals surface area contributed by atoms with E-state index in [1.807, 2.05) is 80.1 Å². The van der Waals surface area contributed by atoms with Crippen LogP contribution >= 0.6 is 0 Å². The molecule has 0 bridgehead atoms. The number of hydrogen-bond donors (Lipinski definition) is 2. The van der Waals surface area contributed by atoms with Crippen LogP contribution in [0, 0.1) is 0 Å². The molecule has 5 aromatic heterocycles. The predicted molar refractivity (Wildman–Crippen MR) is 130 cm³/mol. The number of nitrogens with zero attached hydrogens (tertiary/aromatic N) is 6. The maximum atomic E-state index is 4.91. The van der Waals surface area contributed by atoms with Gasteiger partial charge in [-0.05, 0) is 30.3 Å². The lowest BCUT2D eigenvalue weighted by molar-refractivity contribution is 1.10. The number of anilines is 1. The summed E-state index contributed by atoms with van der Waals surface area (Å²) >= 11 is 0. The highest BCUT2D eigenvalue weighted by Crippen LogP contribution is 2.31. The molecule has 0 radical (unpaired) electrons. The van der Waals surface area contributed by atoms with Crippen LogP contribution in [0.15, 0.2) is 73.3 Å². The van der Waals surface area contributed by atoms with Crippen molar-refractivity contribution >= 4 is 27.8 Å². The zero-order valence-electron chi connectivity index (χ0n) is 18.1. The highest BCUT2D eigenvalue weighted by Gasteiger charge is 2.17. The van der Waals surface area contributed by atoms with E-state index < -0.39 is 0 Å². The lowest BCUT2D eigenvalue weighted by Crippen LogP contribution is -2.08. The summed E-state index contributed by atoms with van der Waals surface area (Å²) in [5.74, 6) is 0.664. The summed E-state index contributed by atoms with van der Waals surface area (Å²) in [5, 5.41) is 7.61. The zero-order chi connectivity index (χ0) is 22.4. The molecule has 8 nitrogen and oxygen atoms in total. The summed E-state index contributed by atoms with van der Waals surface area (Å²) in [6, 6.07) is 16.1. The Morgan fingerprint density at radius 3 is 2.55 bits per heavy atom. The smallest absolute Gasteiger partial charge is 0.161 e. The van der Waals surface area contributed by atoms with Gasteiger partial charge >= 0.3 is 0 Å². The first-order chi connectivity index (χ1) is 16.2. The van der Waals surface area contributed by atoms with E-state index in [4.69, 9.17) is 9.97 Å². The summed E-state index contributed by atoms with van der Waals surface area (Å²) in [7, 11) is 3.99. The lowest BCUT2D eigenvalue weighted by Gasteiger charge is -2.12. The van der Waals surface area contributed by atoms with E-state index in [9.17, 15) is 0 Å². The average molecular weight is 432 g/mol. The SMILES string of the molecule is CN(C)c1cncc(-c2ccc3[nH]nc(-c4nc5c(-c6cccnc6)cccc5[nH]4)c3n2)c1. The minimum Gasteiger partial charge on any atom is -0.376 e. The van der Waals surface area contributed by atoms with Crippen LogP contribution in [-0.2, 0) is 0 Å². The van der Waals surface area contributed by atoms with Crippen molar-refractivity contribution in [3.63, 3.8) is 0 Å². The lowest BCUT2D eigenvalue weighted by atomic mass is 10.1. The minimum atomic E-state index is 0.664. The maximum Gasteiger partial charge on any atom is 0.161 e. The summed E-state index contributed by atoms with van der Waals surface area (Å²) in [4.78, 5) is 23.9. The monoisotopic (exact) mass is 432 g/mol. The van der Waals surface area contributed by atoms with Crippen LogP contribution in [0.4, 0.5) is 5.69 Å². The van der Waals surface area contributed by atoms with Gasteiger partial charge in [-0.1, -0.05) is 18.2 Å². The van der Waals surface area contributed by atoms with E-state index in [0.29, 0.717) is 11.5 Å². The standard InChI is InChI=1S/C25H20N8/c1-33(2)17-11-16(13-27-14-17)19-8-9-21-23(28-19)24(32-31-21)25-29-20-7-3-6-18(22(20)30-25)15-5-4-10-26-12-15/h3-14H,1-2H3,(H,29,30)(H,31,32). The molecule has 0 saturated carbocycles. The fourth-order valence-electron chi connectivity index (χ4n) is 3.94. The second kappa shape index (κ2) is 7.52. The van der Waals surface area contributed by atoms with Crippen LogP contribution in [0.1, 0.15) is 0 Å². The fraction of sp³-hybridized carbons (Fsp3) is 0.0800. The van der Waals surface area contributed by atoms with Crippen LogP contribution in [0.5, 0.6) is 0 Å². The van der Waals surface area contributed by atoms with Gasteiger partial charge in [0.2, 0.25) is 0 Å². The van der Waals surface area contributed by atoms with E-state index >= 15 is 0 Å². The van der Waals surface area contributed by atoms with E-state index in [0.717, 1.165) is 50.1 Å². The molecular weight excluding hydrogens is 412 g/mol. The highest BCUT2D eigenvalue weighted by atomic mass is 15.1. The van der Waals surface area contributed by atoms with Crippen molar-refractivity contribution < 1.29 is 0 Å². The second-order valence-corrected chi connectivity index (χ2v) is 8.02. The number of imidazole rings is 1. The molecule has 0 unspecified atom stereocenters. The van der Waals surface area contributed by atoms with Gasteiger partial charge in [0.1, 0.15) is 5.52 Å². The maximum absolute atomic E-state index is 4.91. The Morgan fingerprint density at radius 1 is 0.788 bits per heavy atom. The molecule has 5 heterocycles. The fourth-order valence-corrected chi connectivity index (χ4v) is 3.94. The van der Waals surface area contributed by atoms with Crippen molar-refractivity contribution in [1.82, 2.24) is 35.1 Å². The summed E-state index contributed by atoms with van der Waals surface area (Å²) in [5.41, 5.74) is 8.90. The molecule has 2 N–H and O–H groups in total. The largest absolute Gasteiger partial charge is 0.376 e. The molecule has 0 spiro atoms. The molecule has 33 heavy (non-hydrogen) atoms. The van der Waals surface area contributed by atoms with Crippen LogP contribution in [-0.4, -0.2) is 49.2 Å². The molecule has 0 amide bonds. The van der Waals surface area contributed by atoms with Gasteiger partial charge in [-0.25, -0.2) is 9.97 Å². The molecule has 0 fully saturated rings. The van der Waals surface area contributed by atoms with Crippen molar-refractivity contribution in [2.24, 2.45) is 0 Å². The summed E-state index contributed by atoms with van der Waals surface area (Å²) < 4.78 is 0. The third kappa shape index (κ3) is 3.28. The number of H-pyrrole nitrogens is 2. The van der Waals surface area contributed by atoms with E-state index in [1.54, 1.807) is 6.20 Å². The van der Waals surface area contributed by atoms with Gasteiger partial charge in [0.05, 0.1) is 34.1 Å². The van der Waals surface area contributed by atoms with Gasteiger partial charge in [0.15, 0.2) is 11.5 Å². The Bertz CT molecular complexity index is 1600. The van der Waals surface area contributed by atoms with Crippen LogP contribution < -0.4 is 4.90 Å². The Hall–Kier alpha value is -4.59. The van der Waals surface area contributed by atoms with E-state index in [-0.39, 0.29) is 0 Å². The third-order valence-corrected chi connectivity index (χ3v) is 5.65. The number of aromatic amines is 2. The van der Waals surface area contributed by atoms with Gasteiger partial charge in [-0.2, -0.15) is 5.10 Å². The number of benzene rings is 1. The molecule has 0 saturated heterocycles. The number of fused-ring (bicyclic) bond motifs is 2. The molecule has 0 aliphatic heterocycles. The van der Waals surface area contributed by atoms with Crippen LogP contribution in [0.2, 0.25) is 0 Å². The number of nitrogens with one attached hydrogen (secondary N) is 2. The van der Waals surface area contributed by atoms with Gasteiger partial charge < -0.3 is 9.88 Å². The normalized spacial score (nSPS) is 11.3. The summed E-state index contributed by atoms with van der Waals surface area (Å²) in [6.45, 7) is 0.